The predicted molar refractivity (Wildman–Crippen MR) is 88.7 cm³/mol. The lowest BCUT2D eigenvalue weighted by Gasteiger charge is -2.06. The minimum atomic E-state index is -4.04. The van der Waals surface area contributed by atoms with Gasteiger partial charge in [-0.15, -0.1) is 11.6 Å². The van der Waals surface area contributed by atoms with Crippen molar-refractivity contribution in [3.8, 4) is 0 Å². The maximum absolute atomic E-state index is 12.1. The molecule has 1 N–H and O–H groups in total. The van der Waals surface area contributed by atoms with Gasteiger partial charge < -0.3 is 4.57 Å². The van der Waals surface area contributed by atoms with Crippen molar-refractivity contribution in [2.45, 2.75) is 17.9 Å². The molecule has 1 aromatic carbocycles. The van der Waals surface area contributed by atoms with Crippen molar-refractivity contribution >= 4 is 50.7 Å². The minimum Gasteiger partial charge on any atom is -0.321 e. The highest BCUT2D eigenvalue weighted by molar-refractivity contribution is 7.90. The molecule has 124 valence electrons. The Morgan fingerprint density at radius 3 is 2.48 bits per heavy atom. The third-order valence-corrected chi connectivity index (χ3v) is 5.13. The van der Waals surface area contributed by atoms with Gasteiger partial charge in [0, 0.05) is 17.4 Å². The fourth-order valence-electron chi connectivity index (χ4n) is 1.75. The fraction of sp³-hybridized carbons (Fsp3) is 0.231. The molecule has 0 aliphatic rings. The van der Waals surface area contributed by atoms with Crippen molar-refractivity contribution in [2.75, 3.05) is 5.88 Å². The predicted octanol–water partition coefficient (Wildman–Crippen LogP) is 2.94. The summed E-state index contributed by atoms with van der Waals surface area (Å²) in [5.41, 5.74) is -0.168. The molecule has 2 aromatic rings. The van der Waals surface area contributed by atoms with Crippen LogP contribution in [0.2, 0.25) is 10.2 Å². The van der Waals surface area contributed by atoms with E-state index in [4.69, 9.17) is 34.8 Å². The van der Waals surface area contributed by atoms with Crippen molar-refractivity contribution in [2.24, 2.45) is 0 Å². The molecule has 1 aromatic heterocycles. The SMILES string of the molecule is O=C(NS(=O)(=O)c1ccc(Cl)cc1)c1ncn(CCCCl)c1Cl. The second-order valence-corrected chi connectivity index (χ2v) is 7.36. The van der Waals surface area contributed by atoms with Gasteiger partial charge in [-0.2, -0.15) is 0 Å². The molecule has 0 aliphatic carbocycles. The average molecular weight is 397 g/mol. The highest BCUT2D eigenvalue weighted by Crippen LogP contribution is 2.17. The second-order valence-electron chi connectivity index (χ2n) is 4.51. The van der Waals surface area contributed by atoms with E-state index in [9.17, 15) is 13.2 Å². The van der Waals surface area contributed by atoms with Crippen LogP contribution < -0.4 is 4.72 Å². The third kappa shape index (κ3) is 4.38. The van der Waals surface area contributed by atoms with E-state index in [1.807, 2.05) is 4.72 Å². The number of carbonyl (C=O) groups excluding carboxylic acids is 1. The van der Waals surface area contributed by atoms with E-state index < -0.39 is 15.9 Å². The molecule has 0 aliphatic heterocycles. The lowest BCUT2D eigenvalue weighted by Crippen LogP contribution is -2.31. The molecular weight excluding hydrogens is 385 g/mol. The Hall–Kier alpha value is -1.28. The van der Waals surface area contributed by atoms with Crippen LogP contribution >= 0.6 is 34.8 Å². The zero-order valence-electron chi connectivity index (χ0n) is 11.7. The summed E-state index contributed by atoms with van der Waals surface area (Å²) in [6, 6.07) is 5.40. The number of nitrogens with zero attached hydrogens (tertiary/aromatic N) is 2. The number of rotatable bonds is 6. The first kappa shape index (κ1) is 18.1. The number of hydrogen-bond acceptors (Lipinski definition) is 4. The van der Waals surface area contributed by atoms with Crippen molar-refractivity contribution < 1.29 is 13.2 Å². The number of halogens is 3. The van der Waals surface area contributed by atoms with Crippen molar-refractivity contribution in [1.29, 1.82) is 0 Å². The average Bonchev–Trinajstić information content (AvgIpc) is 2.86. The van der Waals surface area contributed by atoms with Gasteiger partial charge in [0.25, 0.3) is 15.9 Å². The Morgan fingerprint density at radius 1 is 1.22 bits per heavy atom. The minimum absolute atomic E-state index is 0.0546. The zero-order chi connectivity index (χ0) is 17.0. The smallest absolute Gasteiger partial charge is 0.286 e. The van der Waals surface area contributed by atoms with Gasteiger partial charge in [0.15, 0.2) is 5.69 Å². The van der Waals surface area contributed by atoms with Crippen LogP contribution in [0.3, 0.4) is 0 Å². The largest absolute Gasteiger partial charge is 0.321 e. The normalized spacial score (nSPS) is 11.4. The van der Waals surface area contributed by atoms with Crippen LogP contribution in [-0.2, 0) is 16.6 Å². The number of hydrogen-bond donors (Lipinski definition) is 1. The van der Waals surface area contributed by atoms with Crippen LogP contribution in [0.4, 0.5) is 0 Å². The van der Waals surface area contributed by atoms with Gasteiger partial charge in [0.2, 0.25) is 0 Å². The Labute approximate surface area is 148 Å². The number of nitrogens with one attached hydrogen (secondary N) is 1. The van der Waals surface area contributed by atoms with Crippen LogP contribution in [0.25, 0.3) is 0 Å². The van der Waals surface area contributed by atoms with Gasteiger partial charge in [0.1, 0.15) is 5.15 Å². The monoisotopic (exact) mass is 395 g/mol. The van der Waals surface area contributed by atoms with Gasteiger partial charge in [-0.25, -0.2) is 18.1 Å². The molecular formula is C13H12Cl3N3O3S. The van der Waals surface area contributed by atoms with Crippen LogP contribution in [-0.4, -0.2) is 29.8 Å². The van der Waals surface area contributed by atoms with E-state index in [2.05, 4.69) is 4.98 Å². The fourth-order valence-corrected chi connectivity index (χ4v) is 3.21. The van der Waals surface area contributed by atoms with Gasteiger partial charge in [-0.1, -0.05) is 23.2 Å². The summed E-state index contributed by atoms with van der Waals surface area (Å²) in [6.07, 6.45) is 2.00. The Balaban J connectivity index is 2.18. The first-order chi connectivity index (χ1) is 10.8. The number of amides is 1. The molecule has 0 unspecified atom stereocenters. The highest BCUT2D eigenvalue weighted by atomic mass is 35.5. The van der Waals surface area contributed by atoms with Crippen molar-refractivity contribution in [3.63, 3.8) is 0 Å². The second kappa shape index (κ2) is 7.53. The van der Waals surface area contributed by atoms with Gasteiger partial charge in [0.05, 0.1) is 11.2 Å². The summed E-state index contributed by atoms with van der Waals surface area (Å²) in [6.45, 7) is 0.479. The van der Waals surface area contributed by atoms with E-state index in [1.54, 1.807) is 0 Å². The third-order valence-electron chi connectivity index (χ3n) is 2.87. The van der Waals surface area contributed by atoms with E-state index in [0.29, 0.717) is 23.9 Å². The summed E-state index contributed by atoms with van der Waals surface area (Å²) >= 11 is 17.3. The molecule has 1 amide bonds. The summed E-state index contributed by atoms with van der Waals surface area (Å²) in [4.78, 5) is 15.9. The maximum Gasteiger partial charge on any atom is 0.286 e. The molecule has 0 radical (unpaired) electrons. The van der Waals surface area contributed by atoms with Crippen molar-refractivity contribution in [3.05, 3.63) is 46.5 Å². The Morgan fingerprint density at radius 2 is 1.87 bits per heavy atom. The van der Waals surface area contributed by atoms with Crippen molar-refractivity contribution in [1.82, 2.24) is 14.3 Å². The number of benzene rings is 1. The number of aryl methyl sites for hydroxylation is 1. The molecule has 23 heavy (non-hydrogen) atoms. The van der Waals surface area contributed by atoms with Gasteiger partial charge >= 0.3 is 0 Å². The molecule has 0 bridgehead atoms. The molecule has 0 saturated carbocycles. The van der Waals surface area contributed by atoms with Crippen LogP contribution in [0.5, 0.6) is 0 Å². The van der Waals surface area contributed by atoms with E-state index >= 15 is 0 Å². The van der Waals surface area contributed by atoms with Gasteiger partial charge in [-0.05, 0) is 30.7 Å². The standard InChI is InChI=1S/C13H12Cl3N3O3S/c14-6-1-7-19-8-17-11(12(19)16)13(20)18-23(21,22)10-4-2-9(15)3-5-10/h2-5,8H,1,6-7H2,(H,18,20). The first-order valence-corrected chi connectivity index (χ1v) is 9.22. The number of sulfonamides is 1. The molecule has 10 heteroatoms. The molecule has 0 saturated heterocycles. The Kier molecular flexibility index (Phi) is 5.91. The molecule has 0 spiro atoms. The number of imidazole rings is 1. The molecule has 0 atom stereocenters. The van der Waals surface area contributed by atoms with Crippen LogP contribution in [0.15, 0.2) is 35.5 Å². The lowest BCUT2D eigenvalue weighted by molar-refractivity contribution is 0.0977. The van der Waals surface area contributed by atoms with Crippen LogP contribution in [0, 0.1) is 0 Å². The quantitative estimate of drug-likeness (QED) is 0.761. The van der Waals surface area contributed by atoms with E-state index in [0.717, 1.165) is 0 Å². The number of alkyl halides is 1. The molecule has 6 nitrogen and oxygen atoms in total. The summed E-state index contributed by atoms with van der Waals surface area (Å²) in [5.74, 6) is -0.476. The summed E-state index contributed by atoms with van der Waals surface area (Å²) < 4.78 is 27.7. The van der Waals surface area contributed by atoms with Gasteiger partial charge in [-0.3, -0.25) is 4.79 Å². The maximum atomic E-state index is 12.1. The van der Waals surface area contributed by atoms with E-state index in [1.165, 1.54) is 35.2 Å². The number of aromatic nitrogens is 2. The van der Waals surface area contributed by atoms with Crippen LogP contribution in [0.1, 0.15) is 16.9 Å². The number of carbonyl (C=O) groups is 1. The summed E-state index contributed by atoms with van der Waals surface area (Å²) in [7, 11) is -4.04. The zero-order valence-corrected chi connectivity index (χ0v) is 14.8. The van der Waals surface area contributed by atoms with E-state index in [-0.39, 0.29) is 15.7 Å². The topological polar surface area (TPSA) is 81.1 Å². The molecule has 0 fully saturated rings. The first-order valence-electron chi connectivity index (χ1n) is 6.44. The molecule has 2 rings (SSSR count). The highest BCUT2D eigenvalue weighted by Gasteiger charge is 2.23. The Bertz CT molecular complexity index is 804. The molecule has 1 heterocycles. The summed E-state index contributed by atoms with van der Waals surface area (Å²) in [5, 5.41) is 0.440. The lowest BCUT2D eigenvalue weighted by atomic mass is 10.4.